The van der Waals surface area contributed by atoms with E-state index in [9.17, 15) is 5.11 Å². The number of likely N-dealkylation sites (tertiary alicyclic amines) is 1. The van der Waals surface area contributed by atoms with Gasteiger partial charge in [-0.1, -0.05) is 44.2 Å². The van der Waals surface area contributed by atoms with Crippen molar-refractivity contribution in [3.05, 3.63) is 35.9 Å². The van der Waals surface area contributed by atoms with Crippen LogP contribution in [0.25, 0.3) is 0 Å². The van der Waals surface area contributed by atoms with Gasteiger partial charge in [-0.2, -0.15) is 0 Å². The summed E-state index contributed by atoms with van der Waals surface area (Å²) in [6.45, 7) is 7.33. The summed E-state index contributed by atoms with van der Waals surface area (Å²) in [5.41, 5.74) is 1.34. The van der Waals surface area contributed by atoms with E-state index in [1.807, 2.05) is 0 Å². The number of rotatable bonds is 6. The van der Waals surface area contributed by atoms with Crippen LogP contribution in [0.1, 0.15) is 32.3 Å². The number of benzene rings is 1. The van der Waals surface area contributed by atoms with Crippen molar-refractivity contribution < 1.29 is 5.11 Å². The maximum absolute atomic E-state index is 10.1. The Labute approximate surface area is 129 Å². The molecule has 1 heterocycles. The lowest BCUT2D eigenvalue weighted by Crippen LogP contribution is -2.48. The number of hydrogen-bond donors (Lipinski definition) is 2. The minimum absolute atomic E-state index is 0.170. The van der Waals surface area contributed by atoms with E-state index in [0.29, 0.717) is 17.9 Å². The van der Waals surface area contributed by atoms with Crippen LogP contribution >= 0.6 is 0 Å². The van der Waals surface area contributed by atoms with Crippen molar-refractivity contribution in [3.8, 4) is 0 Å². The number of aliphatic hydroxyl groups is 1. The first kappa shape index (κ1) is 16.5. The highest BCUT2D eigenvalue weighted by Crippen LogP contribution is 2.23. The summed E-state index contributed by atoms with van der Waals surface area (Å²) in [7, 11) is 2.19. The maximum Gasteiger partial charge on any atom is 0.0566 e. The topological polar surface area (TPSA) is 35.5 Å². The van der Waals surface area contributed by atoms with Crippen molar-refractivity contribution in [2.24, 2.45) is 11.8 Å². The van der Waals surface area contributed by atoms with E-state index in [4.69, 9.17) is 0 Å². The van der Waals surface area contributed by atoms with Crippen LogP contribution in [0.4, 0.5) is 0 Å². The Morgan fingerprint density at radius 1 is 1.24 bits per heavy atom. The normalized spacial score (nSPS) is 25.2. The Morgan fingerprint density at radius 2 is 1.95 bits per heavy atom. The molecule has 0 bridgehead atoms. The van der Waals surface area contributed by atoms with Gasteiger partial charge in [0.25, 0.3) is 0 Å². The predicted octanol–water partition coefficient (Wildman–Crippen LogP) is 2.50. The molecule has 0 aromatic heterocycles. The molecule has 0 spiro atoms. The van der Waals surface area contributed by atoms with Gasteiger partial charge in [0.15, 0.2) is 0 Å². The average Bonchev–Trinajstić information content (AvgIpc) is 2.45. The quantitative estimate of drug-likeness (QED) is 0.845. The Kier molecular flexibility index (Phi) is 6.22. The summed E-state index contributed by atoms with van der Waals surface area (Å²) in [6, 6.07) is 11.1. The SMILES string of the molecule is CC(C)C(O)CC1CC(NCc2ccccc2)CN(C)C1. The van der Waals surface area contributed by atoms with E-state index in [-0.39, 0.29) is 6.10 Å². The molecule has 1 saturated heterocycles. The molecule has 3 atom stereocenters. The van der Waals surface area contributed by atoms with Gasteiger partial charge < -0.3 is 15.3 Å². The fourth-order valence-corrected chi connectivity index (χ4v) is 3.23. The average molecular weight is 290 g/mol. The monoisotopic (exact) mass is 290 g/mol. The fourth-order valence-electron chi connectivity index (χ4n) is 3.23. The van der Waals surface area contributed by atoms with Gasteiger partial charge in [0.05, 0.1) is 6.10 Å². The molecular weight excluding hydrogens is 260 g/mol. The summed E-state index contributed by atoms with van der Waals surface area (Å²) >= 11 is 0. The van der Waals surface area contributed by atoms with Gasteiger partial charge in [-0.25, -0.2) is 0 Å². The van der Waals surface area contributed by atoms with Gasteiger partial charge in [0.2, 0.25) is 0 Å². The Morgan fingerprint density at radius 3 is 2.62 bits per heavy atom. The van der Waals surface area contributed by atoms with Crippen LogP contribution in [0.2, 0.25) is 0 Å². The van der Waals surface area contributed by atoms with Crippen LogP contribution in [0.5, 0.6) is 0 Å². The lowest BCUT2D eigenvalue weighted by molar-refractivity contribution is 0.0684. The molecule has 0 radical (unpaired) electrons. The molecule has 3 nitrogen and oxygen atoms in total. The lowest BCUT2D eigenvalue weighted by Gasteiger charge is -2.37. The molecule has 118 valence electrons. The third-order valence-electron chi connectivity index (χ3n) is 4.50. The highest BCUT2D eigenvalue weighted by Gasteiger charge is 2.27. The number of nitrogens with zero attached hydrogens (tertiary/aromatic N) is 1. The van der Waals surface area contributed by atoms with Crippen molar-refractivity contribution in [2.75, 3.05) is 20.1 Å². The van der Waals surface area contributed by atoms with E-state index in [1.165, 1.54) is 12.0 Å². The van der Waals surface area contributed by atoms with Gasteiger partial charge in [-0.15, -0.1) is 0 Å². The first-order valence-electron chi connectivity index (χ1n) is 8.18. The van der Waals surface area contributed by atoms with Crippen molar-refractivity contribution in [2.45, 2.75) is 45.4 Å². The molecule has 1 aliphatic heterocycles. The second kappa shape index (κ2) is 7.92. The van der Waals surface area contributed by atoms with E-state index >= 15 is 0 Å². The van der Waals surface area contributed by atoms with E-state index in [2.05, 4.69) is 61.4 Å². The van der Waals surface area contributed by atoms with E-state index in [0.717, 1.165) is 26.1 Å². The van der Waals surface area contributed by atoms with Gasteiger partial charge in [0, 0.05) is 25.7 Å². The summed E-state index contributed by atoms with van der Waals surface area (Å²) in [5, 5.41) is 13.8. The van der Waals surface area contributed by atoms with Crippen LogP contribution in [0.3, 0.4) is 0 Å². The first-order chi connectivity index (χ1) is 10.0. The molecule has 1 aromatic rings. The van der Waals surface area contributed by atoms with E-state index in [1.54, 1.807) is 0 Å². The van der Waals surface area contributed by atoms with Crippen molar-refractivity contribution in [1.82, 2.24) is 10.2 Å². The Hall–Kier alpha value is -0.900. The smallest absolute Gasteiger partial charge is 0.0566 e. The first-order valence-corrected chi connectivity index (χ1v) is 8.18. The zero-order chi connectivity index (χ0) is 15.2. The molecule has 1 aromatic carbocycles. The molecule has 1 aliphatic rings. The van der Waals surface area contributed by atoms with Gasteiger partial charge in [-0.3, -0.25) is 0 Å². The Balaban J connectivity index is 1.83. The molecule has 0 aliphatic carbocycles. The van der Waals surface area contributed by atoms with Crippen LogP contribution in [-0.2, 0) is 6.54 Å². The summed E-state index contributed by atoms with van der Waals surface area (Å²) in [5.74, 6) is 0.947. The van der Waals surface area contributed by atoms with Gasteiger partial charge in [-0.05, 0) is 37.3 Å². The van der Waals surface area contributed by atoms with E-state index < -0.39 is 0 Å². The standard InChI is InChI=1S/C18H30N2O/c1-14(2)18(21)10-16-9-17(13-20(3)12-16)19-11-15-7-5-4-6-8-15/h4-8,14,16-19,21H,9-13H2,1-3H3. The lowest BCUT2D eigenvalue weighted by atomic mass is 9.87. The van der Waals surface area contributed by atoms with Crippen molar-refractivity contribution in [3.63, 3.8) is 0 Å². The number of hydrogen-bond acceptors (Lipinski definition) is 3. The molecule has 3 unspecified atom stereocenters. The summed E-state index contributed by atoms with van der Waals surface area (Å²) in [4.78, 5) is 2.39. The number of piperidine rings is 1. The zero-order valence-electron chi connectivity index (χ0n) is 13.6. The molecule has 2 N–H and O–H groups in total. The molecule has 3 heteroatoms. The van der Waals surface area contributed by atoms with Crippen molar-refractivity contribution >= 4 is 0 Å². The minimum Gasteiger partial charge on any atom is -0.393 e. The van der Waals surface area contributed by atoms with Crippen LogP contribution in [0, 0.1) is 11.8 Å². The Bertz CT molecular complexity index is 407. The third-order valence-corrected chi connectivity index (χ3v) is 4.50. The highest BCUT2D eigenvalue weighted by molar-refractivity contribution is 5.14. The largest absolute Gasteiger partial charge is 0.393 e. The third kappa shape index (κ3) is 5.42. The molecule has 21 heavy (non-hydrogen) atoms. The number of likely N-dealkylation sites (N-methyl/N-ethyl adjacent to an activating group) is 1. The second-order valence-corrected chi connectivity index (χ2v) is 6.93. The molecule has 1 fully saturated rings. The minimum atomic E-state index is -0.170. The fraction of sp³-hybridized carbons (Fsp3) is 0.667. The molecule has 0 amide bonds. The van der Waals surface area contributed by atoms with Crippen LogP contribution < -0.4 is 5.32 Å². The van der Waals surface area contributed by atoms with Crippen LogP contribution in [-0.4, -0.2) is 42.3 Å². The highest BCUT2D eigenvalue weighted by atomic mass is 16.3. The van der Waals surface area contributed by atoms with Crippen LogP contribution in [0.15, 0.2) is 30.3 Å². The van der Waals surface area contributed by atoms with Gasteiger partial charge >= 0.3 is 0 Å². The predicted molar refractivity (Wildman–Crippen MR) is 88.1 cm³/mol. The summed E-state index contributed by atoms with van der Waals surface area (Å²) < 4.78 is 0. The summed E-state index contributed by atoms with van der Waals surface area (Å²) in [6.07, 6.45) is 1.92. The molecule has 2 rings (SSSR count). The number of aliphatic hydroxyl groups excluding tert-OH is 1. The second-order valence-electron chi connectivity index (χ2n) is 6.93. The van der Waals surface area contributed by atoms with Crippen molar-refractivity contribution in [1.29, 1.82) is 0 Å². The molecular formula is C18H30N2O. The van der Waals surface area contributed by atoms with Gasteiger partial charge in [0.1, 0.15) is 0 Å². The number of nitrogens with one attached hydrogen (secondary N) is 1. The molecule has 0 saturated carbocycles. The zero-order valence-corrected chi connectivity index (χ0v) is 13.6. The maximum atomic E-state index is 10.1.